The van der Waals surface area contributed by atoms with Crippen molar-refractivity contribution < 1.29 is 13.9 Å². The van der Waals surface area contributed by atoms with Gasteiger partial charge in [0.05, 0.1) is 24.1 Å². The van der Waals surface area contributed by atoms with Crippen LogP contribution in [0.25, 0.3) is 22.2 Å². The van der Waals surface area contributed by atoms with Gasteiger partial charge in [0.25, 0.3) is 11.5 Å². The number of amides is 1. The number of carbonyl (C=O) groups is 1. The number of nitrogens with one attached hydrogen (secondary N) is 2. The van der Waals surface area contributed by atoms with Crippen molar-refractivity contribution in [3.63, 3.8) is 0 Å². The van der Waals surface area contributed by atoms with Gasteiger partial charge >= 0.3 is 0 Å². The second-order valence-corrected chi connectivity index (χ2v) is 8.66. The molecule has 0 saturated heterocycles. The standard InChI is InChI=1S/C25H27FN6O3/c1-13(2)14(3)32-22-20(23(27)29-30-25(22)34)21(31-32)16-7-5-15(6-8-16)12-28-24(33)18-11-17(26)9-10-19(18)35-4/h5-11,13-14H,12H2,1-4H3,(H2,27,29)(H,28,33)(H,30,34). The number of rotatable bonds is 7. The Hall–Kier alpha value is -4.21. The van der Waals surface area contributed by atoms with Crippen molar-refractivity contribution >= 4 is 22.6 Å². The van der Waals surface area contributed by atoms with E-state index >= 15 is 0 Å². The van der Waals surface area contributed by atoms with Crippen LogP contribution in [0.2, 0.25) is 0 Å². The Morgan fingerprint density at radius 2 is 1.91 bits per heavy atom. The summed E-state index contributed by atoms with van der Waals surface area (Å²) in [6, 6.07) is 11.1. The number of hydrogen-bond acceptors (Lipinski definition) is 6. The SMILES string of the molecule is COc1ccc(F)cc1C(=O)NCc1ccc(-c2nn(C(C)C(C)C)c3c(=O)[nH]nc(N)c23)cc1. The van der Waals surface area contributed by atoms with Gasteiger partial charge in [0, 0.05) is 12.1 Å². The number of aromatic amines is 1. The van der Waals surface area contributed by atoms with Crippen molar-refractivity contribution in [2.75, 3.05) is 12.8 Å². The number of carbonyl (C=O) groups excluding carboxylic acids is 1. The zero-order valence-corrected chi connectivity index (χ0v) is 19.9. The number of nitrogens with zero attached hydrogens (tertiary/aromatic N) is 3. The lowest BCUT2D eigenvalue weighted by Crippen LogP contribution is -2.23. The van der Waals surface area contributed by atoms with Crippen LogP contribution in [0.5, 0.6) is 5.75 Å². The summed E-state index contributed by atoms with van der Waals surface area (Å²) in [7, 11) is 1.42. The second-order valence-electron chi connectivity index (χ2n) is 8.66. The van der Waals surface area contributed by atoms with Gasteiger partial charge in [-0.15, -0.1) is 0 Å². The molecule has 4 aromatic rings. The van der Waals surface area contributed by atoms with Crippen LogP contribution in [-0.4, -0.2) is 33.0 Å². The first-order valence-electron chi connectivity index (χ1n) is 11.2. The Labute approximate surface area is 201 Å². The molecular weight excluding hydrogens is 451 g/mol. The number of fused-ring (bicyclic) bond motifs is 1. The number of ether oxygens (including phenoxy) is 1. The van der Waals surface area contributed by atoms with E-state index in [1.807, 2.05) is 31.2 Å². The third-order valence-corrected chi connectivity index (χ3v) is 6.10. The van der Waals surface area contributed by atoms with Crippen LogP contribution in [0.3, 0.4) is 0 Å². The Kier molecular flexibility index (Phi) is 6.54. The molecule has 0 aliphatic carbocycles. The third kappa shape index (κ3) is 4.59. The summed E-state index contributed by atoms with van der Waals surface area (Å²) < 4.78 is 20.4. The molecule has 0 aliphatic rings. The lowest BCUT2D eigenvalue weighted by Gasteiger charge is -2.16. The van der Waals surface area contributed by atoms with E-state index in [0.717, 1.165) is 17.2 Å². The quantitative estimate of drug-likeness (QED) is 0.372. The Morgan fingerprint density at radius 3 is 2.57 bits per heavy atom. The predicted octanol–water partition coefficient (Wildman–Crippen LogP) is 3.66. The van der Waals surface area contributed by atoms with Gasteiger partial charge in [0.1, 0.15) is 22.8 Å². The van der Waals surface area contributed by atoms with E-state index < -0.39 is 11.7 Å². The lowest BCUT2D eigenvalue weighted by molar-refractivity contribution is 0.0947. The molecule has 10 heteroatoms. The molecular formula is C25H27FN6O3. The molecule has 4 rings (SSSR count). The smallest absolute Gasteiger partial charge is 0.290 e. The van der Waals surface area contributed by atoms with Gasteiger partial charge in [-0.3, -0.25) is 14.3 Å². The Bertz CT molecular complexity index is 1440. The highest BCUT2D eigenvalue weighted by Gasteiger charge is 2.23. The normalized spacial score (nSPS) is 12.2. The number of benzene rings is 2. The van der Waals surface area contributed by atoms with Gasteiger partial charge in [-0.05, 0) is 36.6 Å². The molecule has 0 aliphatic heterocycles. The Balaban J connectivity index is 1.62. The second kappa shape index (κ2) is 9.57. The summed E-state index contributed by atoms with van der Waals surface area (Å²) in [5, 5.41) is 14.4. The van der Waals surface area contributed by atoms with Gasteiger partial charge in [-0.25, -0.2) is 9.49 Å². The maximum Gasteiger partial charge on any atom is 0.290 e. The number of nitrogen functional groups attached to an aromatic ring is 1. The monoisotopic (exact) mass is 478 g/mol. The van der Waals surface area contributed by atoms with Gasteiger partial charge in [0.2, 0.25) is 0 Å². The van der Waals surface area contributed by atoms with Gasteiger partial charge < -0.3 is 15.8 Å². The summed E-state index contributed by atoms with van der Waals surface area (Å²) in [5.74, 6) is -0.250. The number of nitrogens with two attached hydrogens (primary N) is 1. The van der Waals surface area contributed by atoms with Crippen molar-refractivity contribution in [2.24, 2.45) is 5.92 Å². The van der Waals surface area contributed by atoms with E-state index in [4.69, 9.17) is 15.6 Å². The van der Waals surface area contributed by atoms with Gasteiger partial charge in [-0.2, -0.15) is 10.2 Å². The minimum Gasteiger partial charge on any atom is -0.496 e. The van der Waals surface area contributed by atoms with Crippen molar-refractivity contribution in [3.05, 3.63) is 69.8 Å². The van der Waals surface area contributed by atoms with Crippen LogP contribution >= 0.6 is 0 Å². The Morgan fingerprint density at radius 1 is 1.20 bits per heavy atom. The van der Waals surface area contributed by atoms with E-state index in [9.17, 15) is 14.0 Å². The molecule has 35 heavy (non-hydrogen) atoms. The van der Waals surface area contributed by atoms with Gasteiger partial charge in [0.15, 0.2) is 5.82 Å². The molecule has 1 unspecified atom stereocenters. The zero-order chi connectivity index (χ0) is 25.3. The molecule has 0 saturated carbocycles. The molecule has 4 N–H and O–H groups in total. The van der Waals surface area contributed by atoms with E-state index in [1.165, 1.54) is 19.2 Å². The van der Waals surface area contributed by atoms with Crippen molar-refractivity contribution in [3.8, 4) is 17.0 Å². The minimum absolute atomic E-state index is 0.0385. The summed E-state index contributed by atoms with van der Waals surface area (Å²) >= 11 is 0. The van der Waals surface area contributed by atoms with E-state index in [-0.39, 0.29) is 35.4 Å². The first kappa shape index (κ1) is 23.9. The number of methoxy groups -OCH3 is 1. The van der Waals surface area contributed by atoms with E-state index in [0.29, 0.717) is 22.3 Å². The average molecular weight is 479 g/mol. The predicted molar refractivity (Wildman–Crippen MR) is 132 cm³/mol. The molecule has 0 bridgehead atoms. The molecule has 1 amide bonds. The first-order valence-corrected chi connectivity index (χ1v) is 11.2. The number of aromatic nitrogens is 4. The van der Waals surface area contributed by atoms with Crippen LogP contribution in [-0.2, 0) is 6.54 Å². The molecule has 9 nitrogen and oxygen atoms in total. The summed E-state index contributed by atoms with van der Waals surface area (Å²) in [5.41, 5.74) is 8.42. The largest absolute Gasteiger partial charge is 0.496 e. The van der Waals surface area contributed by atoms with Crippen LogP contribution in [0, 0.1) is 11.7 Å². The summed E-state index contributed by atoms with van der Waals surface area (Å²) in [6.45, 7) is 6.33. The third-order valence-electron chi connectivity index (χ3n) is 6.10. The van der Waals surface area contributed by atoms with Crippen LogP contribution in [0.4, 0.5) is 10.2 Å². The fourth-order valence-electron chi connectivity index (χ4n) is 3.81. The average Bonchev–Trinajstić information content (AvgIpc) is 3.26. The van der Waals surface area contributed by atoms with Crippen molar-refractivity contribution in [1.82, 2.24) is 25.3 Å². The highest BCUT2D eigenvalue weighted by molar-refractivity contribution is 5.99. The molecule has 2 aromatic heterocycles. The fraction of sp³-hybridized carbons (Fsp3) is 0.280. The number of H-pyrrole nitrogens is 1. The van der Waals surface area contributed by atoms with Crippen molar-refractivity contribution in [1.29, 1.82) is 0 Å². The van der Waals surface area contributed by atoms with Crippen LogP contribution < -0.4 is 21.3 Å². The fourth-order valence-corrected chi connectivity index (χ4v) is 3.81. The van der Waals surface area contributed by atoms with Crippen LogP contribution in [0.15, 0.2) is 47.3 Å². The molecule has 182 valence electrons. The number of halogens is 1. The molecule has 2 heterocycles. The van der Waals surface area contributed by atoms with E-state index in [2.05, 4.69) is 29.4 Å². The molecule has 0 spiro atoms. The maximum atomic E-state index is 13.6. The van der Waals surface area contributed by atoms with E-state index in [1.54, 1.807) is 4.68 Å². The first-order chi connectivity index (χ1) is 16.7. The molecule has 0 fully saturated rings. The zero-order valence-electron chi connectivity index (χ0n) is 19.9. The summed E-state index contributed by atoms with van der Waals surface area (Å²) in [4.78, 5) is 25.2. The summed E-state index contributed by atoms with van der Waals surface area (Å²) in [6.07, 6.45) is 0. The highest BCUT2D eigenvalue weighted by Crippen LogP contribution is 2.32. The van der Waals surface area contributed by atoms with Gasteiger partial charge in [-0.1, -0.05) is 38.1 Å². The highest BCUT2D eigenvalue weighted by atomic mass is 19.1. The number of hydrogen-bond donors (Lipinski definition) is 3. The molecule has 1 atom stereocenters. The van der Waals surface area contributed by atoms with Crippen molar-refractivity contribution in [2.45, 2.75) is 33.4 Å². The molecule has 0 radical (unpaired) electrons. The lowest BCUT2D eigenvalue weighted by atomic mass is 10.1. The molecule has 2 aromatic carbocycles. The maximum absolute atomic E-state index is 13.6. The van der Waals surface area contributed by atoms with Crippen LogP contribution in [0.1, 0.15) is 42.7 Å². The minimum atomic E-state index is -0.522. The number of anilines is 1. The topological polar surface area (TPSA) is 128 Å².